The van der Waals surface area contributed by atoms with Crippen molar-refractivity contribution in [3.8, 4) is 0 Å². The molecule has 2 saturated heterocycles. The quantitative estimate of drug-likeness (QED) is 0.485. The Bertz CT molecular complexity index is 479. The van der Waals surface area contributed by atoms with Crippen LogP contribution in [-0.4, -0.2) is 61.0 Å². The lowest BCUT2D eigenvalue weighted by Gasteiger charge is -2.33. The highest BCUT2D eigenvalue weighted by Crippen LogP contribution is 2.40. The molecule has 3 unspecified atom stereocenters. The van der Waals surface area contributed by atoms with E-state index in [0.29, 0.717) is 13.0 Å². The minimum Gasteiger partial charge on any atom is -0.343 e. The molecule has 0 spiro atoms. The van der Waals surface area contributed by atoms with Crippen LogP contribution in [0.5, 0.6) is 0 Å². The molecular formula is C14H25N5O3. The highest BCUT2D eigenvalue weighted by Gasteiger charge is 2.51. The van der Waals surface area contributed by atoms with Crippen LogP contribution in [0.2, 0.25) is 0 Å². The van der Waals surface area contributed by atoms with Crippen LogP contribution in [-0.2, 0) is 14.4 Å². The minimum atomic E-state index is -0.839. The molecule has 5 N–H and O–H groups in total. The third-order valence-electron chi connectivity index (χ3n) is 4.46. The summed E-state index contributed by atoms with van der Waals surface area (Å²) >= 11 is 0. The Morgan fingerprint density at radius 1 is 1.45 bits per heavy atom. The smallest absolute Gasteiger partial charge is 0.247 e. The van der Waals surface area contributed by atoms with Gasteiger partial charge in [0, 0.05) is 6.54 Å². The fraction of sp³-hybridized carbons (Fsp3) is 0.786. The van der Waals surface area contributed by atoms with Crippen molar-refractivity contribution in [2.75, 3.05) is 20.1 Å². The fourth-order valence-corrected chi connectivity index (χ4v) is 3.40. The first-order chi connectivity index (χ1) is 10.3. The Morgan fingerprint density at radius 3 is 2.73 bits per heavy atom. The number of hydrogen-bond donors (Lipinski definition) is 4. The average molecular weight is 311 g/mol. The second-order valence-corrected chi connectivity index (χ2v) is 6.63. The van der Waals surface area contributed by atoms with Crippen molar-refractivity contribution in [2.24, 2.45) is 11.1 Å². The van der Waals surface area contributed by atoms with Gasteiger partial charge in [-0.15, -0.1) is 0 Å². The van der Waals surface area contributed by atoms with Crippen LogP contribution in [0.1, 0.15) is 26.7 Å². The maximum atomic E-state index is 12.8. The predicted octanol–water partition coefficient (Wildman–Crippen LogP) is -1.88. The van der Waals surface area contributed by atoms with Gasteiger partial charge >= 0.3 is 0 Å². The zero-order valence-corrected chi connectivity index (χ0v) is 13.3. The fourth-order valence-electron chi connectivity index (χ4n) is 3.40. The van der Waals surface area contributed by atoms with Gasteiger partial charge in [0.15, 0.2) is 0 Å². The van der Waals surface area contributed by atoms with E-state index in [0.717, 1.165) is 0 Å². The number of rotatable bonds is 4. The Balaban J connectivity index is 2.24. The highest BCUT2D eigenvalue weighted by molar-refractivity contribution is 5.94. The molecule has 2 aliphatic heterocycles. The minimum absolute atomic E-state index is 0.0427. The van der Waals surface area contributed by atoms with E-state index in [2.05, 4.69) is 16.0 Å². The number of likely N-dealkylation sites (N-methyl/N-ethyl adjacent to an activating group) is 1. The van der Waals surface area contributed by atoms with Gasteiger partial charge in [0.1, 0.15) is 12.2 Å². The van der Waals surface area contributed by atoms with E-state index in [4.69, 9.17) is 5.73 Å². The molecule has 0 saturated carbocycles. The molecule has 2 heterocycles. The molecular weight excluding hydrogens is 286 g/mol. The number of amides is 3. The number of nitrogens with zero attached hydrogens (tertiary/aromatic N) is 1. The maximum Gasteiger partial charge on any atom is 0.247 e. The van der Waals surface area contributed by atoms with Gasteiger partial charge in [-0.05, 0) is 18.9 Å². The molecule has 0 aliphatic carbocycles. The summed E-state index contributed by atoms with van der Waals surface area (Å²) in [7, 11) is 1.64. The Morgan fingerprint density at radius 2 is 2.14 bits per heavy atom. The molecule has 0 aromatic heterocycles. The Kier molecular flexibility index (Phi) is 4.72. The number of nitrogens with two attached hydrogens (primary N) is 1. The lowest BCUT2D eigenvalue weighted by atomic mass is 9.84. The largest absolute Gasteiger partial charge is 0.343 e. The van der Waals surface area contributed by atoms with Crippen LogP contribution < -0.4 is 21.7 Å². The van der Waals surface area contributed by atoms with Gasteiger partial charge in [-0.1, -0.05) is 13.8 Å². The van der Waals surface area contributed by atoms with Gasteiger partial charge < -0.3 is 26.6 Å². The first kappa shape index (κ1) is 16.7. The molecule has 0 radical (unpaired) electrons. The van der Waals surface area contributed by atoms with Crippen LogP contribution in [0.25, 0.3) is 0 Å². The van der Waals surface area contributed by atoms with E-state index >= 15 is 0 Å². The van der Waals surface area contributed by atoms with E-state index in [9.17, 15) is 14.4 Å². The van der Waals surface area contributed by atoms with Crippen LogP contribution in [0, 0.1) is 5.41 Å². The standard InChI is InChI=1S/C14H25N5O3/c1-14(2)5-10-18-11(20)4-8(17-12(21)7-16-3)13(22)19(10)9(14)6-15/h8-10,16H,4-7,15H2,1-3H3,(H,17,21)(H,18,20). The number of carbonyl (C=O) groups is 3. The molecule has 2 fully saturated rings. The van der Waals surface area contributed by atoms with Crippen LogP contribution in [0.15, 0.2) is 0 Å². The van der Waals surface area contributed by atoms with Gasteiger partial charge in [0.2, 0.25) is 17.7 Å². The normalized spacial score (nSPS) is 30.5. The van der Waals surface area contributed by atoms with E-state index < -0.39 is 6.04 Å². The van der Waals surface area contributed by atoms with Crippen LogP contribution in [0.4, 0.5) is 0 Å². The zero-order valence-electron chi connectivity index (χ0n) is 13.3. The molecule has 3 atom stereocenters. The summed E-state index contributed by atoms with van der Waals surface area (Å²) in [6.45, 7) is 4.49. The molecule has 0 aromatic carbocycles. The number of hydrogen-bond acceptors (Lipinski definition) is 5. The number of carbonyl (C=O) groups excluding carboxylic acids is 3. The molecule has 2 aliphatic rings. The second-order valence-electron chi connectivity index (χ2n) is 6.63. The summed E-state index contributed by atoms with van der Waals surface area (Å²) in [6, 6.07) is -0.999. The van der Waals surface area contributed by atoms with Gasteiger partial charge in [-0.25, -0.2) is 0 Å². The number of nitrogens with one attached hydrogen (secondary N) is 3. The SMILES string of the molecule is CNCC(=O)NC1CC(=O)NC2CC(C)(C)C(CN)N2C1=O. The van der Waals surface area contributed by atoms with E-state index in [-0.39, 0.29) is 48.3 Å². The summed E-state index contributed by atoms with van der Waals surface area (Å²) in [5.41, 5.74) is 5.67. The summed E-state index contributed by atoms with van der Waals surface area (Å²) < 4.78 is 0. The summed E-state index contributed by atoms with van der Waals surface area (Å²) in [6.07, 6.45) is 0.262. The molecule has 22 heavy (non-hydrogen) atoms. The average Bonchev–Trinajstić information content (AvgIpc) is 2.60. The lowest BCUT2D eigenvalue weighted by Crippen LogP contribution is -2.55. The van der Waals surface area contributed by atoms with Crippen molar-refractivity contribution < 1.29 is 14.4 Å². The van der Waals surface area contributed by atoms with Crippen LogP contribution >= 0.6 is 0 Å². The third kappa shape index (κ3) is 3.07. The van der Waals surface area contributed by atoms with Crippen molar-refractivity contribution in [3.05, 3.63) is 0 Å². The van der Waals surface area contributed by atoms with Crippen molar-refractivity contribution in [2.45, 2.75) is 44.9 Å². The van der Waals surface area contributed by atoms with Gasteiger partial charge in [-0.3, -0.25) is 14.4 Å². The molecule has 8 nitrogen and oxygen atoms in total. The first-order valence-corrected chi connectivity index (χ1v) is 7.55. The zero-order chi connectivity index (χ0) is 16.5. The molecule has 0 bridgehead atoms. The van der Waals surface area contributed by atoms with Crippen molar-refractivity contribution >= 4 is 17.7 Å². The van der Waals surface area contributed by atoms with E-state index in [1.165, 1.54) is 0 Å². The predicted molar refractivity (Wildman–Crippen MR) is 80.5 cm³/mol. The van der Waals surface area contributed by atoms with Crippen LogP contribution in [0.3, 0.4) is 0 Å². The summed E-state index contributed by atoms with van der Waals surface area (Å²) in [5, 5.41) is 8.22. The van der Waals surface area contributed by atoms with Crippen molar-refractivity contribution in [1.29, 1.82) is 0 Å². The van der Waals surface area contributed by atoms with E-state index in [1.54, 1.807) is 11.9 Å². The molecule has 2 rings (SSSR count). The van der Waals surface area contributed by atoms with Crippen molar-refractivity contribution in [3.63, 3.8) is 0 Å². The Labute approximate surface area is 130 Å². The van der Waals surface area contributed by atoms with Gasteiger partial charge in [0.25, 0.3) is 0 Å². The monoisotopic (exact) mass is 311 g/mol. The maximum absolute atomic E-state index is 12.8. The second kappa shape index (κ2) is 6.21. The summed E-state index contributed by atoms with van der Waals surface area (Å²) in [4.78, 5) is 38.2. The molecule has 8 heteroatoms. The van der Waals surface area contributed by atoms with Crippen molar-refractivity contribution in [1.82, 2.24) is 20.9 Å². The molecule has 3 amide bonds. The summed E-state index contributed by atoms with van der Waals surface area (Å²) in [5.74, 6) is -0.784. The lowest BCUT2D eigenvalue weighted by molar-refractivity contribution is -0.139. The molecule has 0 aromatic rings. The topological polar surface area (TPSA) is 117 Å². The number of fused-ring (bicyclic) bond motifs is 1. The van der Waals surface area contributed by atoms with Gasteiger partial charge in [-0.2, -0.15) is 0 Å². The highest BCUT2D eigenvalue weighted by atomic mass is 16.2. The molecule has 124 valence electrons. The first-order valence-electron chi connectivity index (χ1n) is 7.55. The Hall–Kier alpha value is -1.67. The third-order valence-corrected chi connectivity index (χ3v) is 4.46. The van der Waals surface area contributed by atoms with E-state index in [1.807, 2.05) is 13.8 Å². The van der Waals surface area contributed by atoms with Gasteiger partial charge in [0.05, 0.1) is 19.0 Å².